The number of hydrogen-bond acceptors (Lipinski definition) is 3. The molecular weight excluding hydrogens is 276 g/mol. The smallest absolute Gasteiger partial charge is 0.104 e. The lowest BCUT2D eigenvalue weighted by Gasteiger charge is -2.29. The second kappa shape index (κ2) is 5.33. The van der Waals surface area contributed by atoms with Gasteiger partial charge in [-0.05, 0) is 18.2 Å². The molecule has 1 aliphatic heterocycles. The summed E-state index contributed by atoms with van der Waals surface area (Å²) in [4.78, 5) is 2.49. The quantitative estimate of drug-likeness (QED) is 0.839. The van der Waals surface area contributed by atoms with E-state index in [2.05, 4.69) is 4.90 Å². The Morgan fingerprint density at radius 3 is 2.59 bits per heavy atom. The number of thiocarbonyl (C=S) groups is 1. The van der Waals surface area contributed by atoms with Crippen molar-refractivity contribution in [2.45, 2.75) is 0 Å². The molecule has 2 rings (SSSR count). The summed E-state index contributed by atoms with van der Waals surface area (Å²) >= 11 is 11.1. The highest BCUT2D eigenvalue weighted by Crippen LogP contribution is 2.27. The van der Waals surface area contributed by atoms with Crippen molar-refractivity contribution >= 4 is 45.3 Å². The molecule has 1 heterocycles. The van der Waals surface area contributed by atoms with Crippen LogP contribution in [-0.4, -0.2) is 33.8 Å². The second-order valence-electron chi connectivity index (χ2n) is 3.87. The van der Waals surface area contributed by atoms with Crippen molar-refractivity contribution < 1.29 is 4.21 Å². The average Bonchev–Trinajstić information content (AvgIpc) is 2.30. The molecule has 6 heteroatoms. The van der Waals surface area contributed by atoms with Crippen molar-refractivity contribution in [3.05, 3.63) is 28.8 Å². The van der Waals surface area contributed by atoms with Crippen molar-refractivity contribution in [3.63, 3.8) is 0 Å². The normalized spacial score (nSPS) is 17.1. The molecule has 17 heavy (non-hydrogen) atoms. The van der Waals surface area contributed by atoms with Gasteiger partial charge in [-0.3, -0.25) is 4.21 Å². The predicted octanol–water partition coefficient (Wildman–Crippen LogP) is 1.54. The van der Waals surface area contributed by atoms with E-state index in [9.17, 15) is 4.21 Å². The molecule has 0 saturated carbocycles. The predicted molar refractivity (Wildman–Crippen MR) is 77.4 cm³/mol. The summed E-state index contributed by atoms with van der Waals surface area (Å²) in [5, 5.41) is 0.642. The maximum absolute atomic E-state index is 11.3. The van der Waals surface area contributed by atoms with Gasteiger partial charge in [-0.2, -0.15) is 0 Å². The van der Waals surface area contributed by atoms with E-state index in [1.807, 2.05) is 12.1 Å². The van der Waals surface area contributed by atoms with Crippen LogP contribution in [0.3, 0.4) is 0 Å². The van der Waals surface area contributed by atoms with Crippen LogP contribution in [0.4, 0.5) is 5.69 Å². The van der Waals surface area contributed by atoms with Gasteiger partial charge in [0.15, 0.2) is 0 Å². The first-order chi connectivity index (χ1) is 8.08. The molecule has 0 unspecified atom stereocenters. The fourth-order valence-corrected chi connectivity index (χ4v) is 3.27. The van der Waals surface area contributed by atoms with Gasteiger partial charge in [0.25, 0.3) is 0 Å². The van der Waals surface area contributed by atoms with E-state index in [0.717, 1.165) is 24.3 Å². The molecule has 0 atom stereocenters. The fraction of sp³-hybridized carbons (Fsp3) is 0.364. The van der Waals surface area contributed by atoms with Gasteiger partial charge in [-0.15, -0.1) is 0 Å². The van der Waals surface area contributed by atoms with Gasteiger partial charge in [0.2, 0.25) is 0 Å². The molecule has 0 aromatic heterocycles. The first kappa shape index (κ1) is 12.8. The Morgan fingerprint density at radius 1 is 1.41 bits per heavy atom. The van der Waals surface area contributed by atoms with E-state index in [1.54, 1.807) is 6.07 Å². The van der Waals surface area contributed by atoms with E-state index in [1.165, 1.54) is 0 Å². The molecule has 1 saturated heterocycles. The number of rotatable bonds is 2. The standard InChI is InChI=1S/C11H13ClN2OS2/c12-9-7-8(11(13)16)1-2-10(9)14-3-5-17(15)6-4-14/h1-2,7H,3-6H2,(H2,13,16). The molecule has 0 amide bonds. The summed E-state index contributed by atoms with van der Waals surface area (Å²) in [5.41, 5.74) is 7.28. The zero-order valence-electron chi connectivity index (χ0n) is 9.19. The van der Waals surface area contributed by atoms with Crippen molar-refractivity contribution in [3.8, 4) is 0 Å². The molecule has 92 valence electrons. The molecule has 1 aliphatic rings. The lowest BCUT2D eigenvalue weighted by atomic mass is 10.2. The molecule has 1 aromatic carbocycles. The Bertz CT molecular complexity index is 469. The second-order valence-corrected chi connectivity index (χ2v) is 6.41. The highest BCUT2D eigenvalue weighted by molar-refractivity contribution is 7.85. The molecule has 1 fully saturated rings. The van der Waals surface area contributed by atoms with E-state index in [-0.39, 0.29) is 0 Å². The van der Waals surface area contributed by atoms with Crippen LogP contribution < -0.4 is 10.6 Å². The number of benzene rings is 1. The molecule has 1 aromatic rings. The Kier molecular flexibility index (Phi) is 4.01. The first-order valence-corrected chi connectivity index (χ1v) is 7.54. The Morgan fingerprint density at radius 2 is 2.06 bits per heavy atom. The van der Waals surface area contributed by atoms with Crippen LogP contribution in [0, 0.1) is 0 Å². The van der Waals surface area contributed by atoms with E-state index < -0.39 is 10.8 Å². The summed E-state index contributed by atoms with van der Waals surface area (Å²) in [6.45, 7) is 1.55. The van der Waals surface area contributed by atoms with E-state index in [0.29, 0.717) is 21.5 Å². The monoisotopic (exact) mass is 288 g/mol. The van der Waals surface area contributed by atoms with Crippen molar-refractivity contribution in [1.29, 1.82) is 0 Å². The average molecular weight is 289 g/mol. The van der Waals surface area contributed by atoms with Crippen LogP contribution in [0.15, 0.2) is 18.2 Å². The molecule has 0 radical (unpaired) electrons. The number of nitrogens with zero attached hydrogens (tertiary/aromatic N) is 1. The lowest BCUT2D eigenvalue weighted by molar-refractivity contribution is 0.673. The molecular formula is C11H13ClN2OS2. The van der Waals surface area contributed by atoms with Crippen LogP contribution in [-0.2, 0) is 10.8 Å². The summed E-state index contributed by atoms with van der Waals surface area (Å²) in [6, 6.07) is 5.57. The third kappa shape index (κ3) is 2.97. The highest BCUT2D eigenvalue weighted by atomic mass is 35.5. The summed E-state index contributed by atoms with van der Waals surface area (Å²) in [6.07, 6.45) is 0. The van der Waals surface area contributed by atoms with Gasteiger partial charge in [0, 0.05) is 41.0 Å². The van der Waals surface area contributed by atoms with Gasteiger partial charge in [-0.1, -0.05) is 23.8 Å². The number of hydrogen-bond donors (Lipinski definition) is 1. The first-order valence-electron chi connectivity index (χ1n) is 5.27. The van der Waals surface area contributed by atoms with Gasteiger partial charge in [-0.25, -0.2) is 0 Å². The van der Waals surface area contributed by atoms with Crippen molar-refractivity contribution in [1.82, 2.24) is 0 Å². The topological polar surface area (TPSA) is 46.3 Å². The van der Waals surface area contributed by atoms with Crippen molar-refractivity contribution in [2.24, 2.45) is 5.73 Å². The van der Waals surface area contributed by atoms with Crippen LogP contribution in [0.25, 0.3) is 0 Å². The van der Waals surface area contributed by atoms with Crippen LogP contribution in [0.2, 0.25) is 5.02 Å². The Balaban J connectivity index is 2.21. The zero-order valence-corrected chi connectivity index (χ0v) is 11.6. The molecule has 3 nitrogen and oxygen atoms in total. The number of nitrogens with two attached hydrogens (primary N) is 1. The molecule has 2 N–H and O–H groups in total. The minimum absolute atomic E-state index is 0.346. The van der Waals surface area contributed by atoms with Gasteiger partial charge in [0.1, 0.15) is 4.99 Å². The van der Waals surface area contributed by atoms with Crippen LogP contribution in [0.1, 0.15) is 5.56 Å². The molecule has 0 aliphatic carbocycles. The number of halogens is 1. The minimum atomic E-state index is -0.679. The van der Waals surface area contributed by atoms with Crippen LogP contribution >= 0.6 is 23.8 Å². The third-order valence-corrected chi connectivity index (χ3v) is 4.56. The number of anilines is 1. The van der Waals surface area contributed by atoms with Crippen molar-refractivity contribution in [2.75, 3.05) is 29.5 Å². The Hall–Kier alpha value is -0.650. The fourth-order valence-electron chi connectivity index (χ4n) is 1.80. The molecule has 0 bridgehead atoms. The maximum Gasteiger partial charge on any atom is 0.104 e. The molecule has 0 spiro atoms. The largest absolute Gasteiger partial charge is 0.389 e. The minimum Gasteiger partial charge on any atom is -0.389 e. The van der Waals surface area contributed by atoms with Gasteiger partial charge in [0.05, 0.1) is 10.7 Å². The lowest BCUT2D eigenvalue weighted by Crippen LogP contribution is -2.37. The van der Waals surface area contributed by atoms with E-state index >= 15 is 0 Å². The van der Waals surface area contributed by atoms with Gasteiger partial charge >= 0.3 is 0 Å². The zero-order chi connectivity index (χ0) is 12.4. The highest BCUT2D eigenvalue weighted by Gasteiger charge is 2.17. The SMILES string of the molecule is NC(=S)c1ccc(N2CCS(=O)CC2)c(Cl)c1. The van der Waals surface area contributed by atoms with Gasteiger partial charge < -0.3 is 10.6 Å². The van der Waals surface area contributed by atoms with Crippen LogP contribution in [0.5, 0.6) is 0 Å². The third-order valence-electron chi connectivity index (χ3n) is 2.75. The summed E-state index contributed by atoms with van der Waals surface area (Å²) in [5.74, 6) is 1.40. The van der Waals surface area contributed by atoms with E-state index in [4.69, 9.17) is 29.6 Å². The maximum atomic E-state index is 11.3. The summed E-state index contributed by atoms with van der Waals surface area (Å²) in [7, 11) is -0.679. The Labute approximate surface area is 113 Å². The summed E-state index contributed by atoms with van der Waals surface area (Å²) < 4.78 is 11.3.